The number of anilines is 1. The fourth-order valence-electron chi connectivity index (χ4n) is 2.10. The van der Waals surface area contributed by atoms with E-state index in [-0.39, 0.29) is 11.4 Å². The molecule has 0 aromatic carbocycles. The Morgan fingerprint density at radius 2 is 2.29 bits per heavy atom. The van der Waals surface area contributed by atoms with E-state index < -0.39 is 0 Å². The summed E-state index contributed by atoms with van der Waals surface area (Å²) in [5, 5.41) is 6.26. The maximum absolute atomic E-state index is 12.2. The second-order valence-electron chi connectivity index (χ2n) is 4.82. The number of carbonyl (C=O) groups is 1. The third-order valence-corrected chi connectivity index (χ3v) is 3.31. The van der Waals surface area contributed by atoms with Crippen LogP contribution in [-0.2, 0) is 0 Å². The summed E-state index contributed by atoms with van der Waals surface area (Å²) >= 11 is 0. The van der Waals surface area contributed by atoms with Crippen molar-refractivity contribution in [2.45, 2.75) is 38.6 Å². The first kappa shape index (κ1) is 11.9. The number of rotatable bonds is 4. The predicted molar refractivity (Wildman–Crippen MR) is 68.1 cm³/mol. The van der Waals surface area contributed by atoms with E-state index in [0.717, 1.165) is 25.1 Å². The lowest BCUT2D eigenvalue weighted by Gasteiger charge is -2.39. The molecule has 0 spiro atoms. The highest BCUT2D eigenvalue weighted by Gasteiger charge is 2.33. The molecule has 0 aliphatic heterocycles. The van der Waals surface area contributed by atoms with Crippen molar-refractivity contribution in [2.75, 3.05) is 11.9 Å². The second-order valence-corrected chi connectivity index (χ2v) is 4.82. The van der Waals surface area contributed by atoms with E-state index in [1.165, 1.54) is 6.42 Å². The van der Waals surface area contributed by atoms with Crippen molar-refractivity contribution >= 4 is 11.6 Å². The standard InChI is InChI=1S/C13H19N3O/c1-3-15-11-9-14-8-5-10(11)12(17)16-13(2)6-4-7-13/h5,8-9,15H,3-4,6-7H2,1-2H3,(H,16,17). The van der Waals surface area contributed by atoms with Crippen molar-refractivity contribution in [2.24, 2.45) is 0 Å². The Kier molecular flexibility index (Phi) is 3.31. The van der Waals surface area contributed by atoms with Gasteiger partial charge in [0.2, 0.25) is 0 Å². The van der Waals surface area contributed by atoms with Crippen LogP contribution in [0.5, 0.6) is 0 Å². The van der Waals surface area contributed by atoms with Crippen LogP contribution in [0.1, 0.15) is 43.5 Å². The minimum absolute atomic E-state index is 0.00875. The van der Waals surface area contributed by atoms with Gasteiger partial charge in [-0.3, -0.25) is 9.78 Å². The maximum atomic E-state index is 12.2. The zero-order chi connectivity index (χ0) is 12.3. The number of nitrogens with one attached hydrogen (secondary N) is 2. The van der Waals surface area contributed by atoms with Crippen molar-refractivity contribution in [1.82, 2.24) is 10.3 Å². The van der Waals surface area contributed by atoms with E-state index in [4.69, 9.17) is 0 Å². The highest BCUT2D eigenvalue weighted by molar-refractivity contribution is 5.99. The van der Waals surface area contributed by atoms with E-state index in [0.29, 0.717) is 5.56 Å². The summed E-state index contributed by atoms with van der Waals surface area (Å²) < 4.78 is 0. The number of pyridine rings is 1. The van der Waals surface area contributed by atoms with Crippen LogP contribution in [0.15, 0.2) is 18.5 Å². The van der Waals surface area contributed by atoms with Gasteiger partial charge in [0.15, 0.2) is 0 Å². The predicted octanol–water partition coefficient (Wildman–Crippen LogP) is 2.19. The number of aromatic nitrogens is 1. The fourth-order valence-corrected chi connectivity index (χ4v) is 2.10. The lowest BCUT2D eigenvalue weighted by atomic mass is 9.78. The normalized spacial score (nSPS) is 17.1. The Morgan fingerprint density at radius 1 is 1.53 bits per heavy atom. The van der Waals surface area contributed by atoms with E-state index in [1.54, 1.807) is 18.5 Å². The van der Waals surface area contributed by atoms with Crippen molar-refractivity contribution < 1.29 is 4.79 Å². The molecule has 0 saturated heterocycles. The van der Waals surface area contributed by atoms with Gasteiger partial charge in [-0.05, 0) is 39.2 Å². The van der Waals surface area contributed by atoms with E-state index in [1.807, 2.05) is 6.92 Å². The van der Waals surface area contributed by atoms with Crippen molar-refractivity contribution in [3.05, 3.63) is 24.0 Å². The highest BCUT2D eigenvalue weighted by atomic mass is 16.1. The Labute approximate surface area is 102 Å². The van der Waals surface area contributed by atoms with Crippen molar-refractivity contribution in [3.63, 3.8) is 0 Å². The smallest absolute Gasteiger partial charge is 0.253 e. The molecule has 1 aromatic rings. The molecule has 4 heteroatoms. The van der Waals surface area contributed by atoms with Gasteiger partial charge < -0.3 is 10.6 Å². The van der Waals surface area contributed by atoms with Gasteiger partial charge in [-0.1, -0.05) is 0 Å². The van der Waals surface area contributed by atoms with E-state index in [9.17, 15) is 4.79 Å². The molecule has 17 heavy (non-hydrogen) atoms. The minimum Gasteiger partial charge on any atom is -0.383 e. The van der Waals surface area contributed by atoms with Crippen LogP contribution in [0.2, 0.25) is 0 Å². The summed E-state index contributed by atoms with van der Waals surface area (Å²) in [6, 6.07) is 1.76. The minimum atomic E-state index is -0.0101. The van der Waals surface area contributed by atoms with Gasteiger partial charge in [0.1, 0.15) is 0 Å². The van der Waals surface area contributed by atoms with Crippen LogP contribution in [0.25, 0.3) is 0 Å². The summed E-state index contributed by atoms with van der Waals surface area (Å²) in [6.07, 6.45) is 6.69. The molecular weight excluding hydrogens is 214 g/mol. The quantitative estimate of drug-likeness (QED) is 0.838. The first-order valence-electron chi connectivity index (χ1n) is 6.15. The molecule has 2 rings (SSSR count). The molecule has 0 atom stereocenters. The van der Waals surface area contributed by atoms with E-state index >= 15 is 0 Å². The number of hydrogen-bond acceptors (Lipinski definition) is 3. The van der Waals surface area contributed by atoms with Gasteiger partial charge in [0, 0.05) is 18.3 Å². The lowest BCUT2D eigenvalue weighted by Crippen LogP contribution is -2.51. The van der Waals surface area contributed by atoms with Crippen LogP contribution in [-0.4, -0.2) is 23.0 Å². The third kappa shape index (κ3) is 2.57. The molecular formula is C13H19N3O. The van der Waals surface area contributed by atoms with E-state index in [2.05, 4.69) is 22.5 Å². The molecule has 0 unspecified atom stereocenters. The summed E-state index contributed by atoms with van der Waals surface area (Å²) in [7, 11) is 0. The first-order valence-corrected chi connectivity index (χ1v) is 6.15. The number of carbonyl (C=O) groups excluding carboxylic acids is 1. The molecule has 1 amide bonds. The van der Waals surface area contributed by atoms with Crippen LogP contribution in [0, 0.1) is 0 Å². The zero-order valence-electron chi connectivity index (χ0n) is 10.4. The average Bonchev–Trinajstić information content (AvgIpc) is 2.28. The Hall–Kier alpha value is -1.58. The molecule has 0 radical (unpaired) electrons. The number of amides is 1. The summed E-state index contributed by atoms with van der Waals surface area (Å²) in [4.78, 5) is 16.2. The molecule has 1 aromatic heterocycles. The molecule has 1 aliphatic rings. The van der Waals surface area contributed by atoms with Crippen LogP contribution in [0.4, 0.5) is 5.69 Å². The molecule has 1 aliphatic carbocycles. The number of hydrogen-bond donors (Lipinski definition) is 2. The first-order chi connectivity index (χ1) is 8.14. The molecule has 0 bridgehead atoms. The van der Waals surface area contributed by atoms with Crippen molar-refractivity contribution in [3.8, 4) is 0 Å². The summed E-state index contributed by atoms with van der Waals surface area (Å²) in [6.45, 7) is 4.88. The maximum Gasteiger partial charge on any atom is 0.253 e. The molecule has 1 heterocycles. The molecule has 2 N–H and O–H groups in total. The van der Waals surface area contributed by atoms with Gasteiger partial charge in [-0.25, -0.2) is 0 Å². The highest BCUT2D eigenvalue weighted by Crippen LogP contribution is 2.31. The topological polar surface area (TPSA) is 54.0 Å². The van der Waals surface area contributed by atoms with Crippen LogP contribution in [0.3, 0.4) is 0 Å². The van der Waals surface area contributed by atoms with Crippen LogP contribution >= 0.6 is 0 Å². The Morgan fingerprint density at radius 3 is 2.88 bits per heavy atom. The summed E-state index contributed by atoms with van der Waals surface area (Å²) in [5.41, 5.74) is 1.47. The van der Waals surface area contributed by atoms with Gasteiger partial charge >= 0.3 is 0 Å². The third-order valence-electron chi connectivity index (χ3n) is 3.31. The second kappa shape index (κ2) is 4.73. The molecule has 1 saturated carbocycles. The van der Waals surface area contributed by atoms with Gasteiger partial charge in [0.25, 0.3) is 5.91 Å². The molecule has 1 fully saturated rings. The van der Waals surface area contributed by atoms with Crippen LogP contribution < -0.4 is 10.6 Å². The average molecular weight is 233 g/mol. The lowest BCUT2D eigenvalue weighted by molar-refractivity contribution is 0.0851. The van der Waals surface area contributed by atoms with Gasteiger partial charge in [-0.15, -0.1) is 0 Å². The Balaban J connectivity index is 2.12. The molecule has 4 nitrogen and oxygen atoms in total. The molecule has 92 valence electrons. The zero-order valence-corrected chi connectivity index (χ0v) is 10.4. The van der Waals surface area contributed by atoms with Gasteiger partial charge in [0.05, 0.1) is 17.4 Å². The number of nitrogens with zero attached hydrogens (tertiary/aromatic N) is 1. The van der Waals surface area contributed by atoms with Gasteiger partial charge in [-0.2, -0.15) is 0 Å². The monoisotopic (exact) mass is 233 g/mol. The summed E-state index contributed by atoms with van der Waals surface area (Å²) in [5.74, 6) is -0.00875. The fraction of sp³-hybridized carbons (Fsp3) is 0.538. The largest absolute Gasteiger partial charge is 0.383 e. The SMILES string of the molecule is CCNc1cnccc1C(=O)NC1(C)CCC1. The van der Waals surface area contributed by atoms with Crippen molar-refractivity contribution in [1.29, 1.82) is 0 Å². The Bertz CT molecular complexity index is 413.